The van der Waals surface area contributed by atoms with E-state index in [1.165, 1.54) is 6.08 Å². The van der Waals surface area contributed by atoms with Gasteiger partial charge in [0.15, 0.2) is 0 Å². The highest BCUT2D eigenvalue weighted by Gasteiger charge is 2.23. The molecule has 0 aliphatic carbocycles. The summed E-state index contributed by atoms with van der Waals surface area (Å²) in [4.78, 5) is 25.1. The number of benzene rings is 1. The first-order valence-electron chi connectivity index (χ1n) is 4.44. The topological polar surface area (TPSA) is 94.9 Å². The lowest BCUT2D eigenvalue weighted by Crippen LogP contribution is -2.21. The van der Waals surface area contributed by atoms with Gasteiger partial charge in [0.25, 0.3) is 11.8 Å². The molecule has 0 atom stereocenters. The summed E-state index contributed by atoms with van der Waals surface area (Å²) in [5.41, 5.74) is 9.36. The molecule has 0 spiro atoms. The fourth-order valence-electron chi connectivity index (χ4n) is 1.45. The van der Waals surface area contributed by atoms with Crippen molar-refractivity contribution in [2.24, 2.45) is 5.11 Å². The Balaban J connectivity index is 2.56. The fourth-order valence-corrected chi connectivity index (χ4v) is 1.45. The first-order chi connectivity index (χ1) is 7.72. The van der Waals surface area contributed by atoms with Gasteiger partial charge in [0.1, 0.15) is 0 Å². The third kappa shape index (κ3) is 1.65. The average molecular weight is 214 g/mol. The number of carbonyl (C=O) groups is 2. The van der Waals surface area contributed by atoms with E-state index in [0.717, 1.165) is 0 Å². The lowest BCUT2D eigenvalue weighted by atomic mass is 10.0. The van der Waals surface area contributed by atoms with Crippen molar-refractivity contribution >= 4 is 23.1 Å². The number of nitrogens with one attached hydrogen (secondary N) is 1. The molecule has 78 valence electrons. The van der Waals surface area contributed by atoms with E-state index in [4.69, 9.17) is 5.53 Å². The van der Waals surface area contributed by atoms with Gasteiger partial charge in [-0.25, -0.2) is 0 Å². The maximum Gasteiger partial charge on any atom is 0.258 e. The van der Waals surface area contributed by atoms with Crippen molar-refractivity contribution < 1.29 is 9.59 Å². The summed E-state index contributed by atoms with van der Waals surface area (Å²) in [6.07, 6.45) is 1.19. The zero-order valence-electron chi connectivity index (χ0n) is 8.04. The third-order valence-electron chi connectivity index (χ3n) is 2.10. The minimum absolute atomic E-state index is 0.216. The Morgan fingerprint density at radius 3 is 2.62 bits per heavy atom. The minimum Gasteiger partial charge on any atom is -0.289 e. The second kappa shape index (κ2) is 3.88. The van der Waals surface area contributed by atoms with Crippen LogP contribution in [0.1, 0.15) is 5.56 Å². The van der Waals surface area contributed by atoms with E-state index >= 15 is 0 Å². The van der Waals surface area contributed by atoms with Gasteiger partial charge in [-0.2, -0.15) is 0 Å². The highest BCUT2D eigenvalue weighted by molar-refractivity contribution is 6.34. The highest BCUT2D eigenvalue weighted by atomic mass is 16.2. The number of nitrogens with zero attached hydrogens (tertiary/aromatic N) is 3. The van der Waals surface area contributed by atoms with Crippen LogP contribution >= 0.6 is 0 Å². The Hall–Kier alpha value is -2.59. The molecule has 0 saturated heterocycles. The molecule has 0 saturated carbocycles. The van der Waals surface area contributed by atoms with Crippen molar-refractivity contribution in [1.82, 2.24) is 5.32 Å². The average Bonchev–Trinajstić information content (AvgIpc) is 2.59. The summed E-state index contributed by atoms with van der Waals surface area (Å²) in [6, 6.07) is 6.57. The zero-order valence-corrected chi connectivity index (χ0v) is 8.04. The van der Waals surface area contributed by atoms with Gasteiger partial charge >= 0.3 is 0 Å². The molecular formula is C10H6N4O2. The van der Waals surface area contributed by atoms with Gasteiger partial charge in [0.2, 0.25) is 0 Å². The number of hydrogen-bond donors (Lipinski definition) is 1. The molecule has 16 heavy (non-hydrogen) atoms. The van der Waals surface area contributed by atoms with Crippen LogP contribution in [0, 0.1) is 0 Å². The number of imide groups is 1. The molecule has 1 aliphatic heterocycles. The van der Waals surface area contributed by atoms with E-state index in [-0.39, 0.29) is 5.57 Å². The second-order valence-electron chi connectivity index (χ2n) is 3.08. The van der Waals surface area contributed by atoms with Crippen molar-refractivity contribution in [2.45, 2.75) is 0 Å². The normalized spacial score (nSPS) is 14.1. The van der Waals surface area contributed by atoms with Crippen molar-refractivity contribution in [3.8, 4) is 0 Å². The Morgan fingerprint density at radius 1 is 1.25 bits per heavy atom. The Morgan fingerprint density at radius 2 is 2.00 bits per heavy atom. The van der Waals surface area contributed by atoms with E-state index in [2.05, 4.69) is 15.3 Å². The van der Waals surface area contributed by atoms with E-state index in [1.807, 2.05) is 0 Å². The maximum absolute atomic E-state index is 11.4. The standard InChI is InChI=1S/C10H6N4O2/c11-14-13-8-4-2-1-3-6(8)7-5-9(15)12-10(7)16/h1-5H,(H,12,15,16). The van der Waals surface area contributed by atoms with Gasteiger partial charge in [-0.3, -0.25) is 14.9 Å². The van der Waals surface area contributed by atoms with Crippen LogP contribution < -0.4 is 5.32 Å². The molecule has 2 amide bonds. The smallest absolute Gasteiger partial charge is 0.258 e. The van der Waals surface area contributed by atoms with Crippen LogP contribution in [0.15, 0.2) is 35.5 Å². The van der Waals surface area contributed by atoms with Gasteiger partial charge in [0, 0.05) is 16.7 Å². The lowest BCUT2D eigenvalue weighted by molar-refractivity contribution is -0.123. The number of hydrogen-bond acceptors (Lipinski definition) is 3. The van der Waals surface area contributed by atoms with E-state index < -0.39 is 11.8 Å². The van der Waals surface area contributed by atoms with Gasteiger partial charge in [-0.15, -0.1) is 0 Å². The van der Waals surface area contributed by atoms with Crippen molar-refractivity contribution in [1.29, 1.82) is 0 Å². The monoisotopic (exact) mass is 214 g/mol. The van der Waals surface area contributed by atoms with Crippen LogP contribution in [0.3, 0.4) is 0 Å². The van der Waals surface area contributed by atoms with E-state index in [0.29, 0.717) is 11.3 Å². The van der Waals surface area contributed by atoms with E-state index in [9.17, 15) is 9.59 Å². The van der Waals surface area contributed by atoms with Crippen LogP contribution in [-0.2, 0) is 9.59 Å². The summed E-state index contributed by atoms with van der Waals surface area (Å²) in [6.45, 7) is 0. The molecule has 1 N–H and O–H groups in total. The Labute approximate surface area is 90.2 Å². The molecule has 1 aromatic carbocycles. The number of azide groups is 1. The number of carbonyl (C=O) groups excluding carboxylic acids is 2. The first kappa shape index (κ1) is 9.95. The van der Waals surface area contributed by atoms with Crippen LogP contribution in [0.2, 0.25) is 0 Å². The van der Waals surface area contributed by atoms with Crippen LogP contribution in [-0.4, -0.2) is 11.8 Å². The van der Waals surface area contributed by atoms with Crippen LogP contribution in [0.5, 0.6) is 0 Å². The van der Waals surface area contributed by atoms with Gasteiger partial charge < -0.3 is 0 Å². The van der Waals surface area contributed by atoms with Crippen molar-refractivity contribution in [3.05, 3.63) is 46.3 Å². The van der Waals surface area contributed by atoms with Gasteiger partial charge in [-0.05, 0) is 11.1 Å². The lowest BCUT2D eigenvalue weighted by Gasteiger charge is -2.03. The fraction of sp³-hybridized carbons (Fsp3) is 0. The molecular weight excluding hydrogens is 208 g/mol. The largest absolute Gasteiger partial charge is 0.289 e. The number of rotatable bonds is 2. The van der Waals surface area contributed by atoms with E-state index in [1.54, 1.807) is 24.3 Å². The molecule has 6 nitrogen and oxygen atoms in total. The molecule has 1 aromatic rings. The molecule has 0 unspecified atom stereocenters. The molecule has 1 heterocycles. The predicted octanol–water partition coefficient (Wildman–Crippen LogP) is 1.67. The second-order valence-corrected chi connectivity index (χ2v) is 3.08. The van der Waals surface area contributed by atoms with Crippen molar-refractivity contribution in [3.63, 3.8) is 0 Å². The summed E-state index contributed by atoms with van der Waals surface area (Å²) in [7, 11) is 0. The SMILES string of the molecule is [N-]=[N+]=Nc1ccccc1C1=CC(=O)NC1=O. The molecule has 0 aromatic heterocycles. The summed E-state index contributed by atoms with van der Waals surface area (Å²) in [5.74, 6) is -0.943. The summed E-state index contributed by atoms with van der Waals surface area (Å²) in [5, 5.41) is 5.59. The quantitative estimate of drug-likeness (QED) is 0.350. The molecule has 0 radical (unpaired) electrons. The summed E-state index contributed by atoms with van der Waals surface area (Å²) >= 11 is 0. The van der Waals surface area contributed by atoms with Gasteiger partial charge in [-0.1, -0.05) is 29.4 Å². The molecule has 1 aliphatic rings. The minimum atomic E-state index is -0.481. The maximum atomic E-state index is 11.4. The zero-order chi connectivity index (χ0) is 11.5. The Bertz CT molecular complexity index is 556. The van der Waals surface area contributed by atoms with Crippen molar-refractivity contribution in [2.75, 3.05) is 0 Å². The number of amides is 2. The molecule has 6 heteroatoms. The van der Waals surface area contributed by atoms with Crippen LogP contribution in [0.25, 0.3) is 16.0 Å². The highest BCUT2D eigenvalue weighted by Crippen LogP contribution is 2.28. The third-order valence-corrected chi connectivity index (χ3v) is 2.10. The molecule has 0 fully saturated rings. The summed E-state index contributed by atoms with van der Waals surface area (Å²) < 4.78 is 0. The first-order valence-corrected chi connectivity index (χ1v) is 4.44. The predicted molar refractivity (Wildman–Crippen MR) is 56.4 cm³/mol. The molecule has 2 rings (SSSR count). The van der Waals surface area contributed by atoms with Gasteiger partial charge in [0.05, 0.1) is 5.57 Å². The van der Waals surface area contributed by atoms with Crippen LogP contribution in [0.4, 0.5) is 5.69 Å². The Kier molecular flexibility index (Phi) is 2.41. The molecule has 0 bridgehead atoms.